The van der Waals surface area contributed by atoms with Gasteiger partial charge in [-0.3, -0.25) is 4.79 Å². The SMILES string of the molecule is CC(C)[C@H](N)C(=O)Nc1ccc(Cl)cc1. The van der Waals surface area contributed by atoms with Crippen LogP contribution < -0.4 is 11.1 Å². The lowest BCUT2D eigenvalue weighted by molar-refractivity contribution is -0.118. The molecular weight excluding hydrogens is 212 g/mol. The molecule has 0 heterocycles. The number of rotatable bonds is 3. The van der Waals surface area contributed by atoms with Crippen LogP contribution in [0.1, 0.15) is 13.8 Å². The molecule has 0 bridgehead atoms. The van der Waals surface area contributed by atoms with Gasteiger partial charge in [-0.05, 0) is 30.2 Å². The highest BCUT2D eigenvalue weighted by atomic mass is 35.5. The van der Waals surface area contributed by atoms with E-state index in [0.717, 1.165) is 0 Å². The summed E-state index contributed by atoms with van der Waals surface area (Å²) in [5.41, 5.74) is 6.41. The van der Waals surface area contributed by atoms with Gasteiger partial charge in [0.1, 0.15) is 0 Å². The van der Waals surface area contributed by atoms with E-state index in [1.807, 2.05) is 13.8 Å². The van der Waals surface area contributed by atoms with E-state index in [4.69, 9.17) is 17.3 Å². The molecule has 0 fully saturated rings. The molecule has 0 spiro atoms. The molecule has 82 valence electrons. The zero-order valence-corrected chi connectivity index (χ0v) is 9.58. The van der Waals surface area contributed by atoms with Gasteiger partial charge in [-0.2, -0.15) is 0 Å². The molecule has 1 atom stereocenters. The van der Waals surface area contributed by atoms with Gasteiger partial charge in [0.2, 0.25) is 5.91 Å². The van der Waals surface area contributed by atoms with E-state index in [9.17, 15) is 4.79 Å². The maximum Gasteiger partial charge on any atom is 0.241 e. The van der Waals surface area contributed by atoms with Gasteiger partial charge in [0.15, 0.2) is 0 Å². The van der Waals surface area contributed by atoms with Crippen LogP contribution >= 0.6 is 11.6 Å². The Kier molecular flexibility index (Phi) is 4.12. The van der Waals surface area contributed by atoms with E-state index in [1.54, 1.807) is 24.3 Å². The Morgan fingerprint density at radius 2 is 1.87 bits per heavy atom. The van der Waals surface area contributed by atoms with Crippen molar-refractivity contribution < 1.29 is 4.79 Å². The van der Waals surface area contributed by atoms with Crippen LogP contribution in [0.5, 0.6) is 0 Å². The number of nitrogens with one attached hydrogen (secondary N) is 1. The second-order valence-corrected chi connectivity index (χ2v) is 4.20. The number of halogens is 1. The molecule has 0 aliphatic carbocycles. The number of amides is 1. The van der Waals surface area contributed by atoms with Crippen LogP contribution in [0.15, 0.2) is 24.3 Å². The highest BCUT2D eigenvalue weighted by Crippen LogP contribution is 2.14. The molecule has 4 heteroatoms. The quantitative estimate of drug-likeness (QED) is 0.831. The third kappa shape index (κ3) is 3.53. The van der Waals surface area contributed by atoms with Crippen LogP contribution in [0.25, 0.3) is 0 Å². The van der Waals surface area contributed by atoms with Crippen LogP contribution in [0.3, 0.4) is 0 Å². The topological polar surface area (TPSA) is 55.1 Å². The summed E-state index contributed by atoms with van der Waals surface area (Å²) in [6.07, 6.45) is 0. The molecule has 3 N–H and O–H groups in total. The maximum absolute atomic E-state index is 11.6. The minimum Gasteiger partial charge on any atom is -0.325 e. The predicted octanol–water partition coefficient (Wildman–Crippen LogP) is 2.26. The van der Waals surface area contributed by atoms with Crippen molar-refractivity contribution in [3.05, 3.63) is 29.3 Å². The second-order valence-electron chi connectivity index (χ2n) is 3.77. The van der Waals surface area contributed by atoms with Gasteiger partial charge in [-0.25, -0.2) is 0 Å². The maximum atomic E-state index is 11.6. The third-order valence-electron chi connectivity index (χ3n) is 2.13. The zero-order chi connectivity index (χ0) is 11.4. The minimum atomic E-state index is -0.485. The Morgan fingerprint density at radius 3 is 2.33 bits per heavy atom. The molecule has 0 aliphatic rings. The molecule has 0 saturated heterocycles. The summed E-state index contributed by atoms with van der Waals surface area (Å²) >= 11 is 5.72. The standard InChI is InChI=1S/C11H15ClN2O/c1-7(2)10(13)11(15)14-9-5-3-8(12)4-6-9/h3-7,10H,13H2,1-2H3,(H,14,15)/t10-/m0/s1. The molecule has 1 amide bonds. The van der Waals surface area contributed by atoms with Crippen molar-refractivity contribution >= 4 is 23.2 Å². The molecule has 1 aromatic carbocycles. The van der Waals surface area contributed by atoms with E-state index < -0.39 is 6.04 Å². The number of hydrogen-bond donors (Lipinski definition) is 2. The molecule has 0 radical (unpaired) electrons. The predicted molar refractivity (Wildman–Crippen MR) is 62.9 cm³/mol. The lowest BCUT2D eigenvalue weighted by atomic mass is 10.1. The van der Waals surface area contributed by atoms with E-state index in [1.165, 1.54) is 0 Å². The summed E-state index contributed by atoms with van der Waals surface area (Å²) < 4.78 is 0. The van der Waals surface area contributed by atoms with E-state index in [0.29, 0.717) is 10.7 Å². The summed E-state index contributed by atoms with van der Waals surface area (Å²) in [4.78, 5) is 11.6. The van der Waals surface area contributed by atoms with Crippen LogP contribution in [-0.2, 0) is 4.79 Å². The normalized spacial score (nSPS) is 12.6. The number of nitrogens with two attached hydrogens (primary N) is 1. The molecule has 1 aromatic rings. The Balaban J connectivity index is 2.62. The van der Waals surface area contributed by atoms with Crippen molar-refractivity contribution in [1.29, 1.82) is 0 Å². The number of carbonyl (C=O) groups is 1. The summed E-state index contributed by atoms with van der Waals surface area (Å²) in [6, 6.07) is 6.44. The van der Waals surface area contributed by atoms with E-state index in [2.05, 4.69) is 5.32 Å². The van der Waals surface area contributed by atoms with Crippen molar-refractivity contribution in [2.45, 2.75) is 19.9 Å². The number of benzene rings is 1. The van der Waals surface area contributed by atoms with Crippen molar-refractivity contribution in [2.75, 3.05) is 5.32 Å². The largest absolute Gasteiger partial charge is 0.325 e. The Morgan fingerprint density at radius 1 is 1.33 bits per heavy atom. The summed E-state index contributed by atoms with van der Waals surface area (Å²) in [5.74, 6) is -0.0513. The van der Waals surface area contributed by atoms with Gasteiger partial charge in [0.25, 0.3) is 0 Å². The van der Waals surface area contributed by atoms with Crippen LogP contribution in [-0.4, -0.2) is 11.9 Å². The first kappa shape index (κ1) is 12.0. The third-order valence-corrected chi connectivity index (χ3v) is 2.38. The number of anilines is 1. The van der Waals surface area contributed by atoms with Gasteiger partial charge in [-0.15, -0.1) is 0 Å². The molecule has 0 saturated carbocycles. The summed E-state index contributed by atoms with van der Waals surface area (Å²) in [5, 5.41) is 3.37. The molecule has 3 nitrogen and oxygen atoms in total. The first-order valence-corrected chi connectivity index (χ1v) is 5.20. The van der Waals surface area contributed by atoms with Crippen molar-refractivity contribution in [2.24, 2.45) is 11.7 Å². The fourth-order valence-electron chi connectivity index (χ4n) is 1.06. The van der Waals surface area contributed by atoms with E-state index in [-0.39, 0.29) is 11.8 Å². The van der Waals surface area contributed by atoms with Gasteiger partial charge in [-0.1, -0.05) is 25.4 Å². The minimum absolute atomic E-state index is 0.123. The molecule has 15 heavy (non-hydrogen) atoms. The van der Waals surface area contributed by atoms with E-state index >= 15 is 0 Å². The van der Waals surface area contributed by atoms with Crippen molar-refractivity contribution in [3.8, 4) is 0 Å². The zero-order valence-electron chi connectivity index (χ0n) is 8.83. The van der Waals surface area contributed by atoms with Gasteiger partial charge >= 0.3 is 0 Å². The smallest absolute Gasteiger partial charge is 0.241 e. The highest BCUT2D eigenvalue weighted by Gasteiger charge is 2.16. The second kappa shape index (κ2) is 5.14. The molecule has 0 aliphatic heterocycles. The lowest BCUT2D eigenvalue weighted by Crippen LogP contribution is -2.39. The van der Waals surface area contributed by atoms with Crippen LogP contribution in [0.4, 0.5) is 5.69 Å². The van der Waals surface area contributed by atoms with Crippen molar-refractivity contribution in [3.63, 3.8) is 0 Å². The highest BCUT2D eigenvalue weighted by molar-refractivity contribution is 6.30. The Bertz CT molecular complexity index is 335. The average Bonchev–Trinajstić information content (AvgIpc) is 2.20. The summed E-state index contributed by atoms with van der Waals surface area (Å²) in [7, 11) is 0. The molecule has 1 rings (SSSR count). The number of hydrogen-bond acceptors (Lipinski definition) is 2. The molecule has 0 aromatic heterocycles. The molecular formula is C11H15ClN2O. The van der Waals surface area contributed by atoms with Crippen molar-refractivity contribution in [1.82, 2.24) is 0 Å². The average molecular weight is 227 g/mol. The van der Waals surface area contributed by atoms with Gasteiger partial charge < -0.3 is 11.1 Å². The van der Waals surface area contributed by atoms with Crippen LogP contribution in [0, 0.1) is 5.92 Å². The Hall–Kier alpha value is -1.06. The fourth-order valence-corrected chi connectivity index (χ4v) is 1.19. The monoisotopic (exact) mass is 226 g/mol. The fraction of sp³-hybridized carbons (Fsp3) is 0.364. The lowest BCUT2D eigenvalue weighted by Gasteiger charge is -2.15. The van der Waals surface area contributed by atoms with Crippen LogP contribution in [0.2, 0.25) is 5.02 Å². The first-order valence-electron chi connectivity index (χ1n) is 4.82. The Labute approximate surface area is 94.6 Å². The summed E-state index contributed by atoms with van der Waals surface area (Å²) in [6.45, 7) is 3.82. The molecule has 0 unspecified atom stereocenters. The van der Waals surface area contributed by atoms with Gasteiger partial charge in [0, 0.05) is 10.7 Å². The first-order chi connectivity index (χ1) is 7.00. The number of carbonyl (C=O) groups excluding carboxylic acids is 1. The van der Waals surface area contributed by atoms with Gasteiger partial charge in [0.05, 0.1) is 6.04 Å².